The van der Waals surface area contributed by atoms with E-state index in [1.54, 1.807) is 0 Å². The van der Waals surface area contributed by atoms with Crippen molar-refractivity contribution in [2.24, 2.45) is 11.1 Å². The van der Waals surface area contributed by atoms with Gasteiger partial charge in [0.15, 0.2) is 0 Å². The van der Waals surface area contributed by atoms with Gasteiger partial charge in [-0.1, -0.05) is 27.2 Å². The summed E-state index contributed by atoms with van der Waals surface area (Å²) in [6.07, 6.45) is 4.10. The molecule has 1 aliphatic rings. The smallest absolute Gasteiger partial charge is 0.0458 e. The highest BCUT2D eigenvalue weighted by Crippen LogP contribution is 2.27. The van der Waals surface area contributed by atoms with E-state index in [1.807, 2.05) is 0 Å². The lowest BCUT2D eigenvalue weighted by atomic mass is 9.88. The average Bonchev–Trinajstić information content (AvgIpc) is 1.79. The van der Waals surface area contributed by atoms with Crippen LogP contribution in [0, 0.1) is 5.41 Å². The van der Waals surface area contributed by atoms with Gasteiger partial charge in [0.1, 0.15) is 0 Å². The Labute approximate surface area is 76.1 Å². The predicted octanol–water partition coefficient (Wildman–Crippen LogP) is 1.80. The third-order valence-electron chi connectivity index (χ3n) is 2.50. The molecule has 2 heteroatoms. The molecule has 2 nitrogen and oxygen atoms in total. The predicted molar refractivity (Wildman–Crippen MR) is 52.9 cm³/mol. The second-order valence-corrected chi connectivity index (χ2v) is 5.07. The van der Waals surface area contributed by atoms with E-state index < -0.39 is 0 Å². The summed E-state index contributed by atoms with van der Waals surface area (Å²) in [6.45, 7) is 8.67. The molecule has 1 aliphatic carbocycles. The molecule has 0 bridgehead atoms. The third kappa shape index (κ3) is 2.76. The Kier molecular flexibility index (Phi) is 3.13. The van der Waals surface area contributed by atoms with Gasteiger partial charge in [-0.2, -0.15) is 0 Å². The van der Waals surface area contributed by atoms with Crippen LogP contribution in [-0.4, -0.2) is 24.2 Å². The van der Waals surface area contributed by atoms with Gasteiger partial charge in [0.05, 0.1) is 0 Å². The minimum atomic E-state index is 0.384. The summed E-state index contributed by atoms with van der Waals surface area (Å²) >= 11 is 0. The molecule has 0 aliphatic heterocycles. The van der Waals surface area contributed by atoms with E-state index in [0.29, 0.717) is 5.41 Å². The molecule has 1 fully saturated rings. The van der Waals surface area contributed by atoms with Crippen LogP contribution in [0.5, 0.6) is 0 Å². The minimum Gasteiger partial charge on any atom is -0.318 e. The molecule has 1 rings (SSSR count). The Morgan fingerprint density at radius 3 is 2.17 bits per heavy atom. The van der Waals surface area contributed by atoms with E-state index in [2.05, 4.69) is 25.7 Å². The van der Waals surface area contributed by atoms with Gasteiger partial charge in [-0.3, -0.25) is 4.90 Å². The number of rotatable bonds is 3. The molecule has 0 heterocycles. The minimum absolute atomic E-state index is 0.384. The number of hydrogen-bond acceptors (Lipinski definition) is 2. The van der Waals surface area contributed by atoms with Crippen LogP contribution in [0.15, 0.2) is 0 Å². The van der Waals surface area contributed by atoms with Crippen molar-refractivity contribution in [2.45, 2.75) is 46.1 Å². The molecule has 0 atom stereocenters. The van der Waals surface area contributed by atoms with Crippen molar-refractivity contribution in [3.63, 3.8) is 0 Å². The maximum Gasteiger partial charge on any atom is 0.0458 e. The molecule has 0 saturated heterocycles. The van der Waals surface area contributed by atoms with Crippen molar-refractivity contribution < 1.29 is 0 Å². The van der Waals surface area contributed by atoms with Gasteiger partial charge in [-0.25, -0.2) is 0 Å². The van der Waals surface area contributed by atoms with Crippen LogP contribution in [0.2, 0.25) is 0 Å². The molecule has 0 aromatic carbocycles. The quantitative estimate of drug-likeness (QED) is 0.654. The molecule has 0 amide bonds. The zero-order valence-corrected chi connectivity index (χ0v) is 8.64. The van der Waals surface area contributed by atoms with Crippen molar-refractivity contribution in [3.05, 3.63) is 0 Å². The second kappa shape index (κ2) is 3.75. The van der Waals surface area contributed by atoms with E-state index >= 15 is 0 Å². The molecule has 0 unspecified atom stereocenters. The number of hydrogen-bond donors (Lipinski definition) is 1. The molecule has 1 saturated carbocycles. The van der Waals surface area contributed by atoms with Crippen molar-refractivity contribution in [2.75, 3.05) is 13.2 Å². The normalized spacial score (nSPS) is 19.8. The van der Waals surface area contributed by atoms with Crippen LogP contribution < -0.4 is 5.73 Å². The van der Waals surface area contributed by atoms with Gasteiger partial charge in [0.25, 0.3) is 0 Å². The summed E-state index contributed by atoms with van der Waals surface area (Å²) in [5.41, 5.74) is 6.10. The molecule has 0 spiro atoms. The summed E-state index contributed by atoms with van der Waals surface area (Å²) < 4.78 is 0. The van der Waals surface area contributed by atoms with E-state index in [9.17, 15) is 0 Å². The molecule has 0 radical (unpaired) electrons. The fourth-order valence-corrected chi connectivity index (χ4v) is 1.70. The molecule has 0 aromatic heterocycles. The largest absolute Gasteiger partial charge is 0.318 e. The number of nitrogens with two attached hydrogens (primary N) is 1. The zero-order valence-electron chi connectivity index (χ0n) is 8.64. The maximum absolute atomic E-state index is 5.72. The standard InChI is InChI=1S/C10H22N2/c1-10(2,3)7-12(8-11)9-5-4-6-9/h9H,4-8,11H2,1-3H3. The molecular formula is C10H22N2. The van der Waals surface area contributed by atoms with Gasteiger partial charge in [-0.15, -0.1) is 0 Å². The summed E-state index contributed by atoms with van der Waals surface area (Å²) in [4.78, 5) is 2.42. The first-order chi connectivity index (χ1) is 5.53. The summed E-state index contributed by atoms with van der Waals surface area (Å²) in [5, 5.41) is 0. The first kappa shape index (κ1) is 10.0. The first-order valence-electron chi connectivity index (χ1n) is 4.97. The average molecular weight is 170 g/mol. The van der Waals surface area contributed by atoms with E-state index in [4.69, 9.17) is 5.73 Å². The molecular weight excluding hydrogens is 148 g/mol. The van der Waals surface area contributed by atoms with Gasteiger partial charge >= 0.3 is 0 Å². The molecule has 0 aromatic rings. The lowest BCUT2D eigenvalue weighted by Crippen LogP contribution is -2.47. The van der Waals surface area contributed by atoms with Gasteiger partial charge in [0.2, 0.25) is 0 Å². The fraction of sp³-hybridized carbons (Fsp3) is 1.00. The Balaban J connectivity index is 2.34. The lowest BCUT2D eigenvalue weighted by Gasteiger charge is -2.40. The van der Waals surface area contributed by atoms with Crippen molar-refractivity contribution in [1.82, 2.24) is 4.90 Å². The highest BCUT2D eigenvalue weighted by molar-refractivity contribution is 4.81. The lowest BCUT2D eigenvalue weighted by molar-refractivity contribution is 0.0911. The Bertz CT molecular complexity index is 133. The first-order valence-corrected chi connectivity index (χ1v) is 4.97. The number of nitrogens with zero attached hydrogens (tertiary/aromatic N) is 1. The van der Waals surface area contributed by atoms with Gasteiger partial charge in [0, 0.05) is 19.3 Å². The van der Waals surface area contributed by atoms with Crippen LogP contribution >= 0.6 is 0 Å². The summed E-state index contributed by atoms with van der Waals surface area (Å²) in [6, 6.07) is 0.786. The van der Waals surface area contributed by atoms with Crippen molar-refractivity contribution in [3.8, 4) is 0 Å². The van der Waals surface area contributed by atoms with E-state index in [0.717, 1.165) is 19.3 Å². The molecule has 12 heavy (non-hydrogen) atoms. The summed E-state index contributed by atoms with van der Waals surface area (Å²) in [5.74, 6) is 0. The van der Waals surface area contributed by atoms with Crippen LogP contribution in [0.3, 0.4) is 0 Å². The van der Waals surface area contributed by atoms with Crippen LogP contribution in [0.25, 0.3) is 0 Å². The van der Waals surface area contributed by atoms with Gasteiger partial charge < -0.3 is 5.73 Å². The Morgan fingerprint density at radius 2 is 1.92 bits per heavy atom. The summed E-state index contributed by atoms with van der Waals surface area (Å²) in [7, 11) is 0. The maximum atomic E-state index is 5.72. The van der Waals surface area contributed by atoms with Crippen molar-refractivity contribution in [1.29, 1.82) is 0 Å². The highest BCUT2D eigenvalue weighted by Gasteiger charge is 2.26. The third-order valence-corrected chi connectivity index (χ3v) is 2.50. The van der Waals surface area contributed by atoms with E-state index in [1.165, 1.54) is 19.3 Å². The zero-order chi connectivity index (χ0) is 9.19. The Hall–Kier alpha value is -0.0800. The molecule has 72 valence electrons. The highest BCUT2D eigenvalue weighted by atomic mass is 15.2. The second-order valence-electron chi connectivity index (χ2n) is 5.07. The molecule has 2 N–H and O–H groups in total. The van der Waals surface area contributed by atoms with Crippen LogP contribution in [0.1, 0.15) is 40.0 Å². The van der Waals surface area contributed by atoms with Gasteiger partial charge in [-0.05, 0) is 18.3 Å². The fourth-order valence-electron chi connectivity index (χ4n) is 1.70. The topological polar surface area (TPSA) is 29.3 Å². The van der Waals surface area contributed by atoms with Crippen molar-refractivity contribution >= 4 is 0 Å². The van der Waals surface area contributed by atoms with E-state index in [-0.39, 0.29) is 0 Å². The monoisotopic (exact) mass is 170 g/mol. The SMILES string of the molecule is CC(C)(C)CN(CN)C1CCC1. The van der Waals surface area contributed by atoms with Crippen LogP contribution in [0.4, 0.5) is 0 Å². The van der Waals surface area contributed by atoms with Crippen LogP contribution in [-0.2, 0) is 0 Å². The Morgan fingerprint density at radius 1 is 1.33 bits per heavy atom.